The van der Waals surface area contributed by atoms with Gasteiger partial charge in [0.25, 0.3) is 0 Å². The van der Waals surface area contributed by atoms with Gasteiger partial charge in [0.2, 0.25) is 5.91 Å². The molecule has 1 unspecified atom stereocenters. The largest absolute Gasteiger partial charge is 0.497 e. The third-order valence-corrected chi connectivity index (χ3v) is 6.23. The number of hydrogen-bond donors (Lipinski definition) is 0. The van der Waals surface area contributed by atoms with Gasteiger partial charge in [0.15, 0.2) is 11.6 Å². The summed E-state index contributed by atoms with van der Waals surface area (Å²) < 4.78 is 16.6. The molecule has 2 aromatic rings. The Balaban J connectivity index is 1.39. The predicted octanol–water partition coefficient (Wildman–Crippen LogP) is 3.96. The fraction of sp³-hybridized carbons (Fsp3) is 0.375. The van der Waals surface area contributed by atoms with Crippen molar-refractivity contribution in [2.45, 2.75) is 31.3 Å². The Morgan fingerprint density at radius 3 is 2.69 bits per heavy atom. The van der Waals surface area contributed by atoms with Crippen LogP contribution in [0.3, 0.4) is 0 Å². The van der Waals surface area contributed by atoms with Crippen LogP contribution in [0, 0.1) is 0 Å². The Hall–Kier alpha value is -3.06. The number of fused-ring (bicyclic) bond motifs is 1. The Kier molecular flexibility index (Phi) is 6.11. The monoisotopic (exact) mass is 457 g/mol. The van der Waals surface area contributed by atoms with E-state index >= 15 is 0 Å². The van der Waals surface area contributed by atoms with Crippen LogP contribution in [0.15, 0.2) is 36.4 Å². The molecule has 0 radical (unpaired) electrons. The average molecular weight is 458 g/mol. The van der Waals surface area contributed by atoms with Gasteiger partial charge in [-0.1, -0.05) is 11.6 Å². The highest BCUT2D eigenvalue weighted by Gasteiger charge is 2.47. The molecule has 8 heteroatoms. The highest BCUT2D eigenvalue weighted by molar-refractivity contribution is 6.31. The van der Waals surface area contributed by atoms with Crippen LogP contribution in [-0.2, 0) is 4.79 Å². The van der Waals surface area contributed by atoms with Crippen molar-refractivity contribution in [1.82, 2.24) is 4.90 Å². The number of ketones is 2. The molecule has 1 saturated heterocycles. The minimum absolute atomic E-state index is 0.0253. The summed E-state index contributed by atoms with van der Waals surface area (Å²) in [5, 5.41) is 0.430. The van der Waals surface area contributed by atoms with E-state index in [9.17, 15) is 14.4 Å². The second-order valence-electron chi connectivity index (χ2n) is 8.08. The van der Waals surface area contributed by atoms with Crippen molar-refractivity contribution in [3.8, 4) is 17.2 Å². The Morgan fingerprint density at radius 2 is 1.94 bits per heavy atom. The van der Waals surface area contributed by atoms with Crippen molar-refractivity contribution in [3.63, 3.8) is 0 Å². The first kappa shape index (κ1) is 22.1. The molecule has 1 fully saturated rings. The summed E-state index contributed by atoms with van der Waals surface area (Å²) in [4.78, 5) is 39.8. The normalized spacial score (nSPS) is 19.5. The molecule has 0 aromatic heterocycles. The van der Waals surface area contributed by atoms with E-state index in [0.29, 0.717) is 52.9 Å². The van der Waals surface area contributed by atoms with Crippen LogP contribution in [0.25, 0.3) is 0 Å². The second kappa shape index (κ2) is 8.82. The van der Waals surface area contributed by atoms with E-state index < -0.39 is 5.60 Å². The molecule has 2 aliphatic heterocycles. The van der Waals surface area contributed by atoms with Crippen LogP contribution < -0.4 is 14.2 Å². The Morgan fingerprint density at radius 1 is 1.12 bits per heavy atom. The van der Waals surface area contributed by atoms with Crippen molar-refractivity contribution in [2.24, 2.45) is 0 Å². The number of rotatable bonds is 6. The summed E-state index contributed by atoms with van der Waals surface area (Å²) in [6.45, 7) is 0.796. The maximum atomic E-state index is 12.8. The highest BCUT2D eigenvalue weighted by Crippen LogP contribution is 2.40. The van der Waals surface area contributed by atoms with Gasteiger partial charge in [0, 0.05) is 30.8 Å². The number of carbonyl (C=O) groups excluding carboxylic acids is 3. The van der Waals surface area contributed by atoms with Crippen molar-refractivity contribution in [3.05, 3.63) is 52.5 Å². The van der Waals surface area contributed by atoms with Gasteiger partial charge in [0.1, 0.15) is 22.8 Å². The van der Waals surface area contributed by atoms with Crippen LogP contribution >= 0.6 is 11.6 Å². The van der Waals surface area contributed by atoms with E-state index in [-0.39, 0.29) is 36.7 Å². The number of Topliss-reactive ketones (excluding diaryl/α,β-unsaturated/α-hetero) is 2. The summed E-state index contributed by atoms with van der Waals surface area (Å²) in [6, 6.07) is 9.98. The summed E-state index contributed by atoms with van der Waals surface area (Å²) in [7, 11) is 3.03. The molecule has 1 amide bonds. The first-order chi connectivity index (χ1) is 15.3. The summed E-state index contributed by atoms with van der Waals surface area (Å²) in [6.07, 6.45) is 0.870. The highest BCUT2D eigenvalue weighted by atomic mass is 35.5. The molecule has 0 N–H and O–H groups in total. The number of halogens is 1. The van der Waals surface area contributed by atoms with E-state index in [2.05, 4.69) is 0 Å². The average Bonchev–Trinajstić information content (AvgIpc) is 3.19. The van der Waals surface area contributed by atoms with E-state index in [0.717, 1.165) is 0 Å². The van der Waals surface area contributed by atoms with Gasteiger partial charge in [0.05, 0.1) is 38.3 Å². The number of ether oxygens (including phenoxy) is 3. The van der Waals surface area contributed by atoms with Gasteiger partial charge in [-0.05, 0) is 36.4 Å². The van der Waals surface area contributed by atoms with Crippen molar-refractivity contribution in [2.75, 3.05) is 27.3 Å². The lowest BCUT2D eigenvalue weighted by Crippen LogP contribution is -2.45. The number of likely N-dealkylation sites (tertiary alicyclic amines) is 1. The zero-order valence-electron chi connectivity index (χ0n) is 18.0. The fourth-order valence-corrected chi connectivity index (χ4v) is 4.47. The minimum Gasteiger partial charge on any atom is -0.497 e. The molecule has 32 heavy (non-hydrogen) atoms. The van der Waals surface area contributed by atoms with Crippen molar-refractivity contribution < 1.29 is 28.6 Å². The number of amides is 1. The van der Waals surface area contributed by atoms with E-state index in [1.54, 1.807) is 48.4 Å². The van der Waals surface area contributed by atoms with Gasteiger partial charge < -0.3 is 19.1 Å². The molecule has 1 spiro atoms. The third kappa shape index (κ3) is 4.30. The summed E-state index contributed by atoms with van der Waals surface area (Å²) in [5.41, 5.74) is 0.133. The topological polar surface area (TPSA) is 82.1 Å². The number of benzene rings is 2. The standard InChI is InChI=1S/C24H24ClNO6/c1-30-16-4-7-22-18(12-16)20(28)13-24(32-22)9-10-26(14-24)23(29)8-5-19(27)17-11-15(25)3-6-21(17)31-2/h3-4,6-7,11-12H,5,8-10,13-14H2,1-2H3. The quantitative estimate of drug-likeness (QED) is 0.611. The van der Waals surface area contributed by atoms with Crippen LogP contribution in [0.5, 0.6) is 17.2 Å². The molecule has 7 nitrogen and oxygen atoms in total. The van der Waals surface area contributed by atoms with E-state index in [4.69, 9.17) is 25.8 Å². The zero-order chi connectivity index (χ0) is 22.9. The predicted molar refractivity (Wildman–Crippen MR) is 118 cm³/mol. The lowest BCUT2D eigenvalue weighted by atomic mass is 9.89. The second-order valence-corrected chi connectivity index (χ2v) is 8.52. The van der Waals surface area contributed by atoms with Gasteiger partial charge in [-0.3, -0.25) is 14.4 Å². The molecule has 2 heterocycles. The Labute approximate surface area is 191 Å². The SMILES string of the molecule is COc1ccc2c(c1)C(=O)CC1(CCN(C(=O)CCC(=O)c3cc(Cl)ccc3OC)C1)O2. The lowest BCUT2D eigenvalue weighted by Gasteiger charge is -2.34. The van der Waals surface area contributed by atoms with Crippen molar-refractivity contribution in [1.29, 1.82) is 0 Å². The first-order valence-corrected chi connectivity index (χ1v) is 10.8. The van der Waals surface area contributed by atoms with Gasteiger partial charge >= 0.3 is 0 Å². The molecule has 1 atom stereocenters. The van der Waals surface area contributed by atoms with Gasteiger partial charge in [-0.25, -0.2) is 0 Å². The molecule has 0 bridgehead atoms. The molecule has 0 saturated carbocycles. The van der Waals surface area contributed by atoms with Crippen molar-refractivity contribution >= 4 is 29.1 Å². The third-order valence-electron chi connectivity index (χ3n) is 5.99. The molecule has 2 aliphatic rings. The number of nitrogens with zero attached hydrogens (tertiary/aromatic N) is 1. The fourth-order valence-electron chi connectivity index (χ4n) is 4.30. The number of methoxy groups -OCH3 is 2. The zero-order valence-corrected chi connectivity index (χ0v) is 18.7. The van der Waals surface area contributed by atoms with E-state index in [1.165, 1.54) is 7.11 Å². The smallest absolute Gasteiger partial charge is 0.223 e. The number of carbonyl (C=O) groups is 3. The van der Waals surface area contributed by atoms with Crippen LogP contribution in [0.2, 0.25) is 5.02 Å². The molecule has 2 aromatic carbocycles. The van der Waals surface area contributed by atoms with Crippen LogP contribution in [0.4, 0.5) is 0 Å². The maximum absolute atomic E-state index is 12.8. The molecule has 0 aliphatic carbocycles. The first-order valence-electron chi connectivity index (χ1n) is 10.4. The Bertz CT molecular complexity index is 1080. The van der Waals surface area contributed by atoms with Gasteiger partial charge in [-0.15, -0.1) is 0 Å². The lowest BCUT2D eigenvalue weighted by molar-refractivity contribution is -0.130. The van der Waals surface area contributed by atoms with Crippen LogP contribution in [-0.4, -0.2) is 55.3 Å². The van der Waals surface area contributed by atoms with E-state index in [1.807, 2.05) is 0 Å². The summed E-state index contributed by atoms with van der Waals surface area (Å²) >= 11 is 6.00. The molecule has 168 valence electrons. The number of hydrogen-bond acceptors (Lipinski definition) is 6. The minimum atomic E-state index is -0.728. The van der Waals surface area contributed by atoms with Crippen LogP contribution in [0.1, 0.15) is 46.4 Å². The molecule has 4 rings (SSSR count). The summed E-state index contributed by atoms with van der Waals surface area (Å²) in [5.74, 6) is 1.16. The molecular formula is C24H24ClNO6. The molecular weight excluding hydrogens is 434 g/mol. The van der Waals surface area contributed by atoms with Gasteiger partial charge in [-0.2, -0.15) is 0 Å². The maximum Gasteiger partial charge on any atom is 0.223 e.